The lowest BCUT2D eigenvalue weighted by Gasteiger charge is -2.30. The molecule has 4 heteroatoms. The zero-order chi connectivity index (χ0) is 11.7. The van der Waals surface area contributed by atoms with Gasteiger partial charge >= 0.3 is 0 Å². The van der Waals surface area contributed by atoms with Gasteiger partial charge in [-0.2, -0.15) is 0 Å². The molecule has 17 heavy (non-hydrogen) atoms. The Hall–Kier alpha value is -1.42. The largest absolute Gasteiger partial charge is 0.349 e. The molecule has 4 nitrogen and oxygen atoms in total. The van der Waals surface area contributed by atoms with Gasteiger partial charge in [-0.05, 0) is 44.0 Å². The number of carbonyl (C=O) groups excluding carboxylic acids is 1. The van der Waals surface area contributed by atoms with Crippen LogP contribution in [0.5, 0.6) is 0 Å². The molecule has 3 heterocycles. The van der Waals surface area contributed by atoms with E-state index in [0.717, 1.165) is 37.9 Å². The van der Waals surface area contributed by atoms with Crippen molar-refractivity contribution in [1.29, 1.82) is 0 Å². The molecule has 2 aliphatic rings. The Morgan fingerprint density at radius 3 is 2.88 bits per heavy atom. The maximum atomic E-state index is 12.2. The van der Waals surface area contributed by atoms with Crippen LogP contribution in [0.2, 0.25) is 0 Å². The average Bonchev–Trinajstić information content (AvgIpc) is 2.69. The van der Waals surface area contributed by atoms with E-state index in [1.807, 2.05) is 18.3 Å². The minimum atomic E-state index is -0.133. The second-order valence-corrected chi connectivity index (χ2v) is 5.05. The van der Waals surface area contributed by atoms with Crippen LogP contribution in [0.25, 0.3) is 0 Å². The summed E-state index contributed by atoms with van der Waals surface area (Å²) >= 11 is 0. The van der Waals surface area contributed by atoms with Gasteiger partial charge in [-0.3, -0.25) is 9.78 Å². The van der Waals surface area contributed by atoms with Crippen LogP contribution in [0.4, 0.5) is 0 Å². The van der Waals surface area contributed by atoms with Gasteiger partial charge in [0.2, 0.25) is 5.91 Å². The number of pyridine rings is 1. The zero-order valence-electron chi connectivity index (χ0n) is 9.78. The third-order valence-corrected chi connectivity index (χ3v) is 4.03. The quantitative estimate of drug-likeness (QED) is 0.758. The second-order valence-electron chi connectivity index (χ2n) is 5.05. The van der Waals surface area contributed by atoms with Crippen LogP contribution in [0.3, 0.4) is 0 Å². The van der Waals surface area contributed by atoms with E-state index in [1.165, 1.54) is 0 Å². The minimum Gasteiger partial charge on any atom is -0.349 e. The Morgan fingerprint density at radius 1 is 1.35 bits per heavy atom. The normalized spacial score (nSPS) is 27.1. The molecule has 3 rings (SSSR count). The Kier molecular flexibility index (Phi) is 2.59. The molecule has 0 aliphatic carbocycles. The first kappa shape index (κ1) is 10.7. The molecule has 2 saturated heterocycles. The smallest absolute Gasteiger partial charge is 0.226 e. The summed E-state index contributed by atoms with van der Waals surface area (Å²) in [5.74, 6) is 0.229. The highest BCUT2D eigenvalue weighted by atomic mass is 16.2. The SMILES string of the molecule is O=C1NC(c2cccnc2)CC12CCNCC2. The van der Waals surface area contributed by atoms with Crippen LogP contribution < -0.4 is 10.6 Å². The highest BCUT2D eigenvalue weighted by Gasteiger charge is 2.47. The van der Waals surface area contributed by atoms with Crippen LogP contribution in [0.15, 0.2) is 24.5 Å². The molecule has 0 aromatic carbocycles. The summed E-state index contributed by atoms with van der Waals surface area (Å²) < 4.78 is 0. The Balaban J connectivity index is 1.82. The Morgan fingerprint density at radius 2 is 2.18 bits per heavy atom. The fraction of sp³-hybridized carbons (Fsp3) is 0.538. The number of hydrogen-bond acceptors (Lipinski definition) is 3. The first-order valence-electron chi connectivity index (χ1n) is 6.22. The molecular formula is C13H17N3O. The van der Waals surface area contributed by atoms with E-state index in [-0.39, 0.29) is 17.4 Å². The standard InChI is InChI=1S/C13H17N3O/c17-12-13(3-6-14-7-4-13)8-11(16-12)10-2-1-5-15-9-10/h1-2,5,9,11,14H,3-4,6-8H2,(H,16,17). The van der Waals surface area contributed by atoms with Crippen molar-refractivity contribution < 1.29 is 4.79 Å². The number of piperidine rings is 1. The van der Waals surface area contributed by atoms with Gasteiger partial charge in [-0.25, -0.2) is 0 Å². The third kappa shape index (κ3) is 1.82. The van der Waals surface area contributed by atoms with Crippen molar-refractivity contribution in [3.63, 3.8) is 0 Å². The number of carbonyl (C=O) groups is 1. The van der Waals surface area contributed by atoms with Crippen LogP contribution >= 0.6 is 0 Å². The van der Waals surface area contributed by atoms with E-state index < -0.39 is 0 Å². The van der Waals surface area contributed by atoms with Gasteiger partial charge in [0.25, 0.3) is 0 Å². The van der Waals surface area contributed by atoms with Gasteiger partial charge in [0.15, 0.2) is 0 Å². The fourth-order valence-corrected chi connectivity index (χ4v) is 2.97. The van der Waals surface area contributed by atoms with E-state index in [0.29, 0.717) is 0 Å². The summed E-state index contributed by atoms with van der Waals surface area (Å²) in [7, 11) is 0. The molecule has 2 N–H and O–H groups in total. The van der Waals surface area contributed by atoms with Gasteiger partial charge in [-0.15, -0.1) is 0 Å². The van der Waals surface area contributed by atoms with E-state index in [4.69, 9.17) is 0 Å². The monoisotopic (exact) mass is 231 g/mol. The van der Waals surface area contributed by atoms with Gasteiger partial charge in [0.05, 0.1) is 11.5 Å². The summed E-state index contributed by atoms with van der Waals surface area (Å²) in [6.45, 7) is 1.90. The molecular weight excluding hydrogens is 214 g/mol. The lowest BCUT2D eigenvalue weighted by Crippen LogP contribution is -2.41. The van der Waals surface area contributed by atoms with Gasteiger partial charge in [0.1, 0.15) is 0 Å². The topological polar surface area (TPSA) is 54.0 Å². The molecule has 1 spiro atoms. The first-order valence-corrected chi connectivity index (χ1v) is 6.22. The van der Waals surface area contributed by atoms with E-state index in [1.54, 1.807) is 6.20 Å². The van der Waals surface area contributed by atoms with Gasteiger partial charge in [-0.1, -0.05) is 6.07 Å². The van der Waals surface area contributed by atoms with Crippen molar-refractivity contribution >= 4 is 5.91 Å². The van der Waals surface area contributed by atoms with E-state index >= 15 is 0 Å². The van der Waals surface area contributed by atoms with Gasteiger partial charge in [0, 0.05) is 12.4 Å². The first-order chi connectivity index (χ1) is 8.30. The molecule has 0 radical (unpaired) electrons. The van der Waals surface area contributed by atoms with E-state index in [2.05, 4.69) is 15.6 Å². The van der Waals surface area contributed by atoms with Crippen LogP contribution in [0.1, 0.15) is 30.9 Å². The molecule has 0 bridgehead atoms. The number of hydrogen-bond donors (Lipinski definition) is 2. The molecule has 2 fully saturated rings. The molecule has 1 aromatic heterocycles. The molecule has 1 atom stereocenters. The molecule has 1 unspecified atom stereocenters. The fourth-order valence-electron chi connectivity index (χ4n) is 2.97. The average molecular weight is 231 g/mol. The van der Waals surface area contributed by atoms with Crippen molar-refractivity contribution in [3.8, 4) is 0 Å². The molecule has 1 amide bonds. The zero-order valence-corrected chi connectivity index (χ0v) is 9.78. The van der Waals surface area contributed by atoms with Crippen molar-refractivity contribution in [2.45, 2.75) is 25.3 Å². The highest BCUT2D eigenvalue weighted by molar-refractivity contribution is 5.85. The lowest BCUT2D eigenvalue weighted by atomic mass is 9.76. The Labute approximate surface area is 101 Å². The second kappa shape index (κ2) is 4.11. The van der Waals surface area contributed by atoms with Crippen LogP contribution in [-0.2, 0) is 4.79 Å². The number of nitrogens with zero attached hydrogens (tertiary/aromatic N) is 1. The van der Waals surface area contributed by atoms with E-state index in [9.17, 15) is 4.79 Å². The summed E-state index contributed by atoms with van der Waals surface area (Å²) in [4.78, 5) is 16.3. The van der Waals surface area contributed by atoms with Crippen molar-refractivity contribution in [2.75, 3.05) is 13.1 Å². The van der Waals surface area contributed by atoms with Gasteiger partial charge < -0.3 is 10.6 Å². The summed E-state index contributed by atoms with van der Waals surface area (Å²) in [6.07, 6.45) is 6.44. The number of aromatic nitrogens is 1. The van der Waals surface area contributed by atoms with Crippen LogP contribution in [0, 0.1) is 5.41 Å². The predicted octanol–water partition coefficient (Wildman–Crippen LogP) is 1.01. The summed E-state index contributed by atoms with van der Waals surface area (Å²) in [5, 5.41) is 6.44. The molecule has 1 aromatic rings. The van der Waals surface area contributed by atoms with Crippen molar-refractivity contribution in [3.05, 3.63) is 30.1 Å². The van der Waals surface area contributed by atoms with Crippen molar-refractivity contribution in [2.24, 2.45) is 5.41 Å². The molecule has 90 valence electrons. The number of rotatable bonds is 1. The maximum Gasteiger partial charge on any atom is 0.226 e. The Bertz CT molecular complexity index is 412. The van der Waals surface area contributed by atoms with Crippen LogP contribution in [-0.4, -0.2) is 24.0 Å². The lowest BCUT2D eigenvalue weighted by molar-refractivity contribution is -0.128. The maximum absolute atomic E-state index is 12.2. The highest BCUT2D eigenvalue weighted by Crippen LogP contribution is 2.43. The summed E-state index contributed by atoms with van der Waals surface area (Å²) in [6, 6.07) is 4.11. The molecule has 0 saturated carbocycles. The third-order valence-electron chi connectivity index (χ3n) is 4.03. The molecule has 2 aliphatic heterocycles. The number of nitrogens with one attached hydrogen (secondary N) is 2. The minimum absolute atomic E-state index is 0.133. The number of amides is 1. The van der Waals surface area contributed by atoms with Crippen molar-refractivity contribution in [1.82, 2.24) is 15.6 Å². The predicted molar refractivity (Wildman–Crippen MR) is 64.3 cm³/mol. The summed E-state index contributed by atoms with van der Waals surface area (Å²) in [5.41, 5.74) is 0.988.